The van der Waals surface area contributed by atoms with Crippen LogP contribution in [0.1, 0.15) is 34.5 Å². The first-order valence-corrected chi connectivity index (χ1v) is 6.54. The van der Waals surface area contributed by atoms with Gasteiger partial charge in [-0.15, -0.1) is 0 Å². The number of carboxylic acid groups (broad SMARTS) is 1. The highest BCUT2D eigenvalue weighted by molar-refractivity contribution is 5.95. The van der Waals surface area contributed by atoms with Crippen LogP contribution in [0.15, 0.2) is 36.4 Å². The van der Waals surface area contributed by atoms with E-state index in [2.05, 4.69) is 5.32 Å². The molecule has 0 radical (unpaired) electrons. The minimum atomic E-state index is -1.09. The minimum Gasteiger partial charge on any atom is -0.478 e. The largest absolute Gasteiger partial charge is 0.478 e. The molecule has 110 valence electrons. The Morgan fingerprint density at radius 2 is 2.00 bits per heavy atom. The highest BCUT2D eigenvalue weighted by Gasteiger charge is 2.14. The molecule has 1 atom stereocenters. The van der Waals surface area contributed by atoms with Gasteiger partial charge in [-0.05, 0) is 37.6 Å². The number of halogens is 1. The second-order valence-electron chi connectivity index (χ2n) is 4.95. The molecular weight excluding hydrogens is 271 g/mol. The molecule has 0 amide bonds. The third-order valence-electron chi connectivity index (χ3n) is 3.37. The number of hydrogen-bond acceptors (Lipinski definition) is 3. The van der Waals surface area contributed by atoms with E-state index in [0.717, 1.165) is 0 Å². The summed E-state index contributed by atoms with van der Waals surface area (Å²) in [6.07, 6.45) is 0. The first kappa shape index (κ1) is 14.8. The Morgan fingerprint density at radius 1 is 1.33 bits per heavy atom. The van der Waals surface area contributed by atoms with Gasteiger partial charge in [0.1, 0.15) is 5.82 Å². The van der Waals surface area contributed by atoms with Crippen LogP contribution in [0.2, 0.25) is 0 Å². The van der Waals surface area contributed by atoms with Crippen molar-refractivity contribution in [3.63, 3.8) is 0 Å². The Balaban J connectivity index is 2.32. The highest BCUT2D eigenvalue weighted by Crippen LogP contribution is 2.26. The maximum atomic E-state index is 13.7. The summed E-state index contributed by atoms with van der Waals surface area (Å²) in [5, 5.41) is 12.2. The first-order chi connectivity index (χ1) is 9.90. The van der Waals surface area contributed by atoms with Gasteiger partial charge in [0.2, 0.25) is 0 Å². The van der Waals surface area contributed by atoms with Crippen LogP contribution in [0.4, 0.5) is 15.8 Å². The predicted molar refractivity (Wildman–Crippen MR) is 81.0 cm³/mol. The van der Waals surface area contributed by atoms with Crippen molar-refractivity contribution in [2.75, 3.05) is 11.1 Å². The normalized spacial score (nSPS) is 12.0. The number of anilines is 2. The predicted octanol–water partition coefficient (Wildman–Crippen LogP) is 3.59. The average Bonchev–Trinajstić information content (AvgIpc) is 2.42. The van der Waals surface area contributed by atoms with Gasteiger partial charge in [0.25, 0.3) is 0 Å². The summed E-state index contributed by atoms with van der Waals surface area (Å²) in [6.45, 7) is 3.55. The molecule has 2 aromatic rings. The summed E-state index contributed by atoms with van der Waals surface area (Å²) in [5.74, 6) is -1.39. The van der Waals surface area contributed by atoms with E-state index < -0.39 is 5.97 Å². The van der Waals surface area contributed by atoms with E-state index in [0.29, 0.717) is 16.8 Å². The van der Waals surface area contributed by atoms with Gasteiger partial charge >= 0.3 is 5.97 Å². The van der Waals surface area contributed by atoms with Crippen molar-refractivity contribution in [2.45, 2.75) is 19.9 Å². The third-order valence-corrected chi connectivity index (χ3v) is 3.37. The van der Waals surface area contributed by atoms with Gasteiger partial charge in [-0.2, -0.15) is 0 Å². The number of nitrogens with one attached hydrogen (secondary N) is 1. The molecule has 2 rings (SSSR count). The van der Waals surface area contributed by atoms with E-state index in [1.807, 2.05) is 6.92 Å². The Labute approximate surface area is 122 Å². The van der Waals surface area contributed by atoms with Gasteiger partial charge in [-0.25, -0.2) is 9.18 Å². The lowest BCUT2D eigenvalue weighted by Crippen LogP contribution is -2.11. The van der Waals surface area contributed by atoms with Crippen LogP contribution in [0.5, 0.6) is 0 Å². The SMILES string of the molecule is Cc1cc(NC(C)c2ccccc2F)cc(C(=O)O)c1N. The standard InChI is InChI=1S/C16H17FN2O2/c1-9-7-11(8-13(15(9)18)16(20)21)19-10(2)12-5-3-4-6-14(12)17/h3-8,10,19H,18H2,1-2H3,(H,20,21). The zero-order chi connectivity index (χ0) is 15.6. The Bertz CT molecular complexity index is 686. The lowest BCUT2D eigenvalue weighted by Gasteiger charge is -2.18. The fourth-order valence-electron chi connectivity index (χ4n) is 2.21. The van der Waals surface area contributed by atoms with E-state index in [1.54, 1.807) is 31.2 Å². The van der Waals surface area contributed by atoms with Crippen LogP contribution in [-0.2, 0) is 0 Å². The second-order valence-corrected chi connectivity index (χ2v) is 4.95. The number of hydrogen-bond donors (Lipinski definition) is 3. The molecule has 2 aromatic carbocycles. The maximum absolute atomic E-state index is 13.7. The lowest BCUT2D eigenvalue weighted by atomic mass is 10.0. The molecule has 0 saturated carbocycles. The van der Waals surface area contributed by atoms with Crippen molar-refractivity contribution < 1.29 is 14.3 Å². The van der Waals surface area contributed by atoms with Crippen LogP contribution >= 0.6 is 0 Å². The van der Waals surface area contributed by atoms with Crippen molar-refractivity contribution in [1.29, 1.82) is 0 Å². The number of nitrogens with two attached hydrogens (primary N) is 1. The molecule has 21 heavy (non-hydrogen) atoms. The van der Waals surface area contributed by atoms with Crippen LogP contribution in [0.3, 0.4) is 0 Å². The molecule has 0 aliphatic rings. The summed E-state index contributed by atoms with van der Waals surface area (Å²) in [5.41, 5.74) is 7.81. The number of benzene rings is 2. The average molecular weight is 288 g/mol. The summed E-state index contributed by atoms with van der Waals surface area (Å²) < 4.78 is 13.7. The molecule has 0 fully saturated rings. The van der Waals surface area contributed by atoms with Crippen LogP contribution in [-0.4, -0.2) is 11.1 Å². The van der Waals surface area contributed by atoms with E-state index in [9.17, 15) is 9.18 Å². The number of carbonyl (C=O) groups is 1. The number of aryl methyl sites for hydroxylation is 1. The number of nitrogen functional groups attached to an aromatic ring is 1. The van der Waals surface area contributed by atoms with Gasteiger partial charge in [-0.3, -0.25) is 0 Å². The molecule has 1 unspecified atom stereocenters. The van der Waals surface area contributed by atoms with Crippen molar-refractivity contribution >= 4 is 17.3 Å². The quantitative estimate of drug-likeness (QED) is 0.752. The summed E-state index contributed by atoms with van der Waals surface area (Å²) >= 11 is 0. The molecule has 0 heterocycles. The molecular formula is C16H17FN2O2. The zero-order valence-corrected chi connectivity index (χ0v) is 11.9. The van der Waals surface area contributed by atoms with E-state index in [-0.39, 0.29) is 23.1 Å². The number of carboxylic acids is 1. The molecule has 4 nitrogen and oxygen atoms in total. The van der Waals surface area contributed by atoms with Crippen LogP contribution in [0, 0.1) is 12.7 Å². The molecule has 0 spiro atoms. The first-order valence-electron chi connectivity index (χ1n) is 6.54. The van der Waals surface area contributed by atoms with E-state index in [1.165, 1.54) is 12.1 Å². The van der Waals surface area contributed by atoms with Gasteiger partial charge < -0.3 is 16.2 Å². The Morgan fingerprint density at radius 3 is 2.62 bits per heavy atom. The summed E-state index contributed by atoms with van der Waals surface area (Å²) in [6, 6.07) is 9.38. The summed E-state index contributed by atoms with van der Waals surface area (Å²) in [7, 11) is 0. The molecule has 0 aliphatic heterocycles. The van der Waals surface area contributed by atoms with E-state index in [4.69, 9.17) is 10.8 Å². The number of aromatic carboxylic acids is 1. The van der Waals surface area contributed by atoms with Crippen molar-refractivity contribution in [2.24, 2.45) is 0 Å². The fourth-order valence-corrected chi connectivity index (χ4v) is 2.21. The smallest absolute Gasteiger partial charge is 0.337 e. The van der Waals surface area contributed by atoms with Gasteiger partial charge in [0.05, 0.1) is 11.6 Å². The monoisotopic (exact) mass is 288 g/mol. The van der Waals surface area contributed by atoms with Crippen molar-refractivity contribution in [3.8, 4) is 0 Å². The maximum Gasteiger partial charge on any atom is 0.337 e. The molecule has 0 saturated heterocycles. The zero-order valence-electron chi connectivity index (χ0n) is 11.9. The molecule has 5 heteroatoms. The molecule has 0 bridgehead atoms. The number of rotatable bonds is 4. The lowest BCUT2D eigenvalue weighted by molar-refractivity contribution is 0.0698. The minimum absolute atomic E-state index is 0.0400. The summed E-state index contributed by atoms with van der Waals surface area (Å²) in [4.78, 5) is 11.2. The van der Waals surface area contributed by atoms with Gasteiger partial charge in [0, 0.05) is 16.9 Å². The molecule has 0 aromatic heterocycles. The molecule has 4 N–H and O–H groups in total. The topological polar surface area (TPSA) is 75.3 Å². The van der Waals surface area contributed by atoms with Gasteiger partial charge in [-0.1, -0.05) is 18.2 Å². The van der Waals surface area contributed by atoms with Crippen LogP contribution < -0.4 is 11.1 Å². The van der Waals surface area contributed by atoms with E-state index >= 15 is 0 Å². The van der Waals surface area contributed by atoms with Crippen LogP contribution in [0.25, 0.3) is 0 Å². The van der Waals surface area contributed by atoms with Crippen molar-refractivity contribution in [3.05, 3.63) is 58.9 Å². The Hall–Kier alpha value is -2.56. The fraction of sp³-hybridized carbons (Fsp3) is 0.188. The molecule has 0 aliphatic carbocycles. The second kappa shape index (κ2) is 5.83. The van der Waals surface area contributed by atoms with Crippen molar-refractivity contribution in [1.82, 2.24) is 0 Å². The van der Waals surface area contributed by atoms with Gasteiger partial charge in [0.15, 0.2) is 0 Å². The third kappa shape index (κ3) is 3.13. The highest BCUT2D eigenvalue weighted by atomic mass is 19.1. The Kier molecular flexibility index (Phi) is 4.12.